The summed E-state index contributed by atoms with van der Waals surface area (Å²) < 4.78 is 69.5. The quantitative estimate of drug-likeness (QED) is 0.174. The van der Waals surface area contributed by atoms with Crippen LogP contribution in [0.5, 0.6) is 0 Å². The van der Waals surface area contributed by atoms with Gasteiger partial charge in [-0.25, -0.2) is 40.6 Å². The molecule has 2 bridgehead atoms. The Hall–Kier alpha value is -3.31. The van der Waals surface area contributed by atoms with Gasteiger partial charge < -0.3 is 0 Å². The van der Waals surface area contributed by atoms with E-state index in [9.17, 15) is 21.2 Å². The van der Waals surface area contributed by atoms with Crippen molar-refractivity contribution in [1.29, 1.82) is 0 Å². The Morgan fingerprint density at radius 2 is 1.50 bits per heavy atom. The molecule has 12 nitrogen and oxygen atoms in total. The van der Waals surface area contributed by atoms with Gasteiger partial charge in [0.05, 0.1) is 10.8 Å². The highest BCUT2D eigenvalue weighted by atomic mass is 79.9. The topological polar surface area (TPSA) is 175 Å². The SMILES string of the molecule is C[C@H]1[C@H](CNS(=O)(=O)c2[nH]nc3ncccc23)C[C@@H]2C[C@H]1C2(C)C.O=S(=O)(NCc1cc(Br)ccc1F)c1[nH]nc2ncccc12. The summed E-state index contributed by atoms with van der Waals surface area (Å²) in [6, 6.07) is 11.0. The second-order valence-electron chi connectivity index (χ2n) is 12.5. The second kappa shape index (κ2) is 12.4. The molecule has 16 heteroatoms. The first-order valence-electron chi connectivity index (χ1n) is 14.8. The lowest BCUT2D eigenvalue weighted by atomic mass is 9.43. The third kappa shape index (κ3) is 6.20. The number of rotatable bonds is 8. The van der Waals surface area contributed by atoms with Crippen molar-refractivity contribution in [2.45, 2.75) is 50.2 Å². The van der Waals surface area contributed by atoms with E-state index in [-0.39, 0.29) is 22.2 Å². The van der Waals surface area contributed by atoms with Crippen molar-refractivity contribution in [3.05, 3.63) is 70.7 Å². The minimum atomic E-state index is -3.86. The summed E-state index contributed by atoms with van der Waals surface area (Å²) in [5.74, 6) is 1.91. The van der Waals surface area contributed by atoms with Crippen LogP contribution in [-0.4, -0.2) is 53.7 Å². The summed E-state index contributed by atoms with van der Waals surface area (Å²) in [5, 5.41) is 13.8. The molecule has 4 atom stereocenters. The summed E-state index contributed by atoms with van der Waals surface area (Å²) in [6.45, 7) is 7.30. The molecule has 3 aliphatic carbocycles. The van der Waals surface area contributed by atoms with Gasteiger partial charge in [-0.2, -0.15) is 10.2 Å². The molecule has 0 radical (unpaired) electrons. The zero-order valence-corrected chi connectivity index (χ0v) is 28.5. The molecule has 46 heavy (non-hydrogen) atoms. The van der Waals surface area contributed by atoms with Crippen molar-refractivity contribution >= 4 is 58.0 Å². The number of fused-ring (bicyclic) bond motifs is 4. The average Bonchev–Trinajstić information content (AvgIpc) is 3.67. The van der Waals surface area contributed by atoms with Crippen molar-refractivity contribution in [2.75, 3.05) is 6.54 Å². The molecule has 4 N–H and O–H groups in total. The normalized spacial score (nSPS) is 22.3. The standard InChI is InChI=1S/C17H24N4O2S.C13H10BrFN4O2S/c1-10-11(7-12-8-14(10)17(12,2)3)9-19-24(22,23)16-13-5-4-6-18-15(13)20-21-16;14-9-3-4-11(15)8(6-9)7-17-22(20,21)13-10-2-1-5-16-12(10)18-19-13/h4-6,10-12,14,19H,7-9H2,1-3H3,(H,18,20,21);1-6,17H,7H2,(H,16,18,19)/t10-,11-,12+,14+;/m0./s1. The maximum absolute atomic E-state index is 13.7. The number of nitrogens with zero attached hydrogens (tertiary/aromatic N) is 4. The van der Waals surface area contributed by atoms with E-state index in [1.807, 2.05) is 0 Å². The van der Waals surface area contributed by atoms with Gasteiger partial charge in [0.15, 0.2) is 21.3 Å². The number of nitrogens with one attached hydrogen (secondary N) is 4. The van der Waals surface area contributed by atoms with Crippen LogP contribution in [0.2, 0.25) is 0 Å². The number of sulfonamides is 2. The number of hydrogen-bond acceptors (Lipinski definition) is 8. The van der Waals surface area contributed by atoms with Crippen LogP contribution in [0.25, 0.3) is 22.1 Å². The van der Waals surface area contributed by atoms with Gasteiger partial charge in [-0.1, -0.05) is 36.7 Å². The van der Waals surface area contributed by atoms with Crippen LogP contribution >= 0.6 is 15.9 Å². The lowest BCUT2D eigenvalue weighted by Gasteiger charge is -2.62. The van der Waals surface area contributed by atoms with Crippen LogP contribution < -0.4 is 9.44 Å². The molecule has 0 saturated heterocycles. The number of aromatic nitrogens is 6. The van der Waals surface area contributed by atoms with Crippen molar-refractivity contribution in [3.8, 4) is 0 Å². The Kier molecular flexibility index (Phi) is 8.78. The third-order valence-electron chi connectivity index (χ3n) is 9.63. The zero-order valence-electron chi connectivity index (χ0n) is 25.3. The first kappa shape index (κ1) is 32.6. The van der Waals surface area contributed by atoms with E-state index in [1.165, 1.54) is 24.8 Å². The summed E-state index contributed by atoms with van der Waals surface area (Å²) in [6.07, 6.45) is 5.53. The van der Waals surface area contributed by atoms with E-state index < -0.39 is 25.9 Å². The van der Waals surface area contributed by atoms with Gasteiger partial charge in [0, 0.05) is 35.5 Å². The largest absolute Gasteiger partial charge is 0.263 e. The van der Waals surface area contributed by atoms with E-state index in [2.05, 4.69) is 76.5 Å². The van der Waals surface area contributed by atoms with Gasteiger partial charge in [-0.15, -0.1) is 0 Å². The van der Waals surface area contributed by atoms with Crippen LogP contribution in [0, 0.1) is 34.9 Å². The van der Waals surface area contributed by atoms with Gasteiger partial charge >= 0.3 is 0 Å². The van der Waals surface area contributed by atoms with Crippen LogP contribution in [0.15, 0.2) is 69.4 Å². The number of benzene rings is 1. The van der Waals surface area contributed by atoms with Crippen molar-refractivity contribution in [2.24, 2.45) is 29.1 Å². The predicted molar refractivity (Wildman–Crippen MR) is 174 cm³/mol. The monoisotopic (exact) mass is 732 g/mol. The molecule has 1 aromatic carbocycles. The Balaban J connectivity index is 0.000000162. The zero-order chi connectivity index (χ0) is 32.9. The molecule has 5 aromatic rings. The highest BCUT2D eigenvalue weighted by Gasteiger charge is 2.56. The van der Waals surface area contributed by atoms with Gasteiger partial charge in [0.1, 0.15) is 5.82 Å². The van der Waals surface area contributed by atoms with Gasteiger partial charge in [0.2, 0.25) is 0 Å². The van der Waals surface area contributed by atoms with Crippen LogP contribution in [0.4, 0.5) is 4.39 Å². The minimum absolute atomic E-state index is 0.0917. The molecule has 244 valence electrons. The number of H-pyrrole nitrogens is 2. The summed E-state index contributed by atoms with van der Waals surface area (Å²) in [5.41, 5.74) is 1.38. The van der Waals surface area contributed by atoms with Crippen LogP contribution in [0.1, 0.15) is 39.2 Å². The molecular formula is C30H34BrFN8O4S2. The molecule has 4 heterocycles. The predicted octanol–water partition coefficient (Wildman–Crippen LogP) is 4.89. The van der Waals surface area contributed by atoms with E-state index in [4.69, 9.17) is 0 Å². The number of hydrogen-bond donors (Lipinski definition) is 4. The fourth-order valence-corrected chi connectivity index (χ4v) is 9.51. The molecule has 8 rings (SSSR count). The average molecular weight is 734 g/mol. The Labute approximate surface area is 274 Å². The lowest BCUT2D eigenvalue weighted by molar-refractivity contribution is -0.126. The highest BCUT2D eigenvalue weighted by Crippen LogP contribution is 2.62. The van der Waals surface area contributed by atoms with Crippen molar-refractivity contribution < 1.29 is 21.2 Å². The molecule has 3 aliphatic rings. The highest BCUT2D eigenvalue weighted by molar-refractivity contribution is 9.10. The van der Waals surface area contributed by atoms with E-state index >= 15 is 0 Å². The van der Waals surface area contributed by atoms with Gasteiger partial charge in [-0.05, 0) is 84.4 Å². The van der Waals surface area contributed by atoms with Crippen molar-refractivity contribution in [3.63, 3.8) is 0 Å². The Morgan fingerprint density at radius 1 is 0.913 bits per heavy atom. The molecule has 0 amide bonds. The molecule has 3 fully saturated rings. The second-order valence-corrected chi connectivity index (χ2v) is 16.8. The maximum atomic E-state index is 13.7. The summed E-state index contributed by atoms with van der Waals surface area (Å²) in [4.78, 5) is 8.03. The van der Waals surface area contributed by atoms with E-state index in [0.717, 1.165) is 12.3 Å². The van der Waals surface area contributed by atoms with Gasteiger partial charge in [-0.3, -0.25) is 10.2 Å². The lowest BCUT2D eigenvalue weighted by Crippen LogP contribution is -2.56. The van der Waals surface area contributed by atoms with Crippen molar-refractivity contribution in [1.82, 2.24) is 39.8 Å². The summed E-state index contributed by atoms with van der Waals surface area (Å²) >= 11 is 3.22. The fraction of sp³-hybridized carbons (Fsp3) is 0.400. The first-order valence-corrected chi connectivity index (χ1v) is 18.6. The van der Waals surface area contributed by atoms with Crippen LogP contribution in [-0.2, 0) is 26.6 Å². The molecular weight excluding hydrogens is 699 g/mol. The minimum Gasteiger partial charge on any atom is -0.263 e. The fourth-order valence-electron chi connectivity index (χ4n) is 6.80. The Bertz CT molecular complexity index is 2120. The first-order chi connectivity index (χ1) is 21.8. The maximum Gasteiger partial charge on any atom is 0.258 e. The van der Waals surface area contributed by atoms with Gasteiger partial charge in [0.25, 0.3) is 20.0 Å². The number of halogens is 2. The number of aromatic amines is 2. The smallest absolute Gasteiger partial charge is 0.258 e. The van der Waals surface area contributed by atoms with Crippen LogP contribution in [0.3, 0.4) is 0 Å². The molecule has 0 spiro atoms. The molecule has 4 aromatic heterocycles. The Morgan fingerprint density at radius 3 is 2.07 bits per heavy atom. The number of pyridine rings is 2. The van der Waals surface area contributed by atoms with E-state index in [1.54, 1.807) is 36.5 Å². The third-order valence-corrected chi connectivity index (χ3v) is 12.9. The molecule has 0 unspecified atom stereocenters. The van der Waals surface area contributed by atoms with E-state index in [0.29, 0.717) is 56.3 Å². The molecule has 3 saturated carbocycles. The summed E-state index contributed by atoms with van der Waals surface area (Å²) in [7, 11) is -7.47. The molecule has 0 aliphatic heterocycles.